The molecule has 1 aromatic carbocycles. The molecule has 166 valence electrons. The highest BCUT2D eigenvalue weighted by molar-refractivity contribution is 14.0. The second kappa shape index (κ2) is 13.1. The van der Waals surface area contributed by atoms with Gasteiger partial charge in [-0.1, -0.05) is 19.1 Å². The smallest absolute Gasteiger partial charge is 0.422 e. The summed E-state index contributed by atoms with van der Waals surface area (Å²) in [7, 11) is 0. The second-order valence-corrected chi connectivity index (χ2v) is 7.00. The summed E-state index contributed by atoms with van der Waals surface area (Å²) in [5.74, 6) is 0.975. The number of nitrogens with one attached hydrogen (secondary N) is 2. The van der Waals surface area contributed by atoms with Gasteiger partial charge in [-0.25, -0.2) is 4.99 Å². The molecule has 5 nitrogen and oxygen atoms in total. The van der Waals surface area contributed by atoms with Gasteiger partial charge in [0.2, 0.25) is 0 Å². The molecule has 0 aliphatic carbocycles. The summed E-state index contributed by atoms with van der Waals surface area (Å²) in [6.45, 7) is 7.52. The van der Waals surface area contributed by atoms with Crippen LogP contribution in [0.25, 0.3) is 0 Å². The fourth-order valence-electron chi connectivity index (χ4n) is 3.16. The number of ether oxygens (including phenoxy) is 1. The highest BCUT2D eigenvalue weighted by atomic mass is 127. The first-order chi connectivity index (χ1) is 13.4. The normalized spacial score (nSPS) is 16.2. The van der Waals surface area contributed by atoms with Crippen LogP contribution in [-0.2, 0) is 6.54 Å². The number of aliphatic imine (C=N–C) groups is 1. The van der Waals surface area contributed by atoms with E-state index in [4.69, 9.17) is 4.74 Å². The van der Waals surface area contributed by atoms with Crippen LogP contribution in [0, 0.1) is 0 Å². The number of hydrogen-bond acceptors (Lipinski definition) is 3. The molecule has 29 heavy (non-hydrogen) atoms. The topological polar surface area (TPSA) is 48.9 Å². The molecular formula is C20H32F3IN4O. The number of hydrogen-bond donors (Lipinski definition) is 2. The first-order valence-electron chi connectivity index (χ1n) is 9.95. The lowest BCUT2D eigenvalue weighted by atomic mass is 10.1. The van der Waals surface area contributed by atoms with E-state index < -0.39 is 12.8 Å². The van der Waals surface area contributed by atoms with E-state index in [-0.39, 0.29) is 29.7 Å². The molecule has 1 aromatic rings. The quantitative estimate of drug-likeness (QED) is 0.302. The van der Waals surface area contributed by atoms with Gasteiger partial charge in [0.25, 0.3) is 0 Å². The lowest BCUT2D eigenvalue weighted by Gasteiger charge is -2.32. The van der Waals surface area contributed by atoms with Crippen LogP contribution < -0.4 is 15.4 Å². The zero-order valence-electron chi connectivity index (χ0n) is 17.1. The number of benzene rings is 1. The third-order valence-corrected chi connectivity index (χ3v) is 4.56. The average molecular weight is 528 g/mol. The van der Waals surface area contributed by atoms with Crippen molar-refractivity contribution in [3.8, 4) is 5.75 Å². The third kappa shape index (κ3) is 10.4. The molecule has 9 heteroatoms. The Morgan fingerprint density at radius 3 is 2.38 bits per heavy atom. The summed E-state index contributed by atoms with van der Waals surface area (Å²) in [5.41, 5.74) is 0.911. The molecular weight excluding hydrogens is 496 g/mol. The van der Waals surface area contributed by atoms with E-state index in [1.54, 1.807) is 24.3 Å². The molecule has 0 bridgehead atoms. The maximum absolute atomic E-state index is 12.2. The van der Waals surface area contributed by atoms with Gasteiger partial charge in [-0.15, -0.1) is 24.0 Å². The summed E-state index contributed by atoms with van der Waals surface area (Å²) in [6.07, 6.45) is -0.963. The zero-order valence-corrected chi connectivity index (χ0v) is 19.4. The van der Waals surface area contributed by atoms with Gasteiger partial charge in [-0.2, -0.15) is 13.2 Å². The maximum atomic E-state index is 12.2. The van der Waals surface area contributed by atoms with Crippen molar-refractivity contribution in [3.05, 3.63) is 29.8 Å². The molecule has 0 amide bonds. The van der Waals surface area contributed by atoms with Crippen LogP contribution in [0.4, 0.5) is 13.2 Å². The van der Waals surface area contributed by atoms with Crippen molar-refractivity contribution >= 4 is 29.9 Å². The van der Waals surface area contributed by atoms with Gasteiger partial charge in [0.15, 0.2) is 12.6 Å². The maximum Gasteiger partial charge on any atom is 0.422 e. The fraction of sp³-hybridized carbons (Fsp3) is 0.650. The molecule has 0 unspecified atom stereocenters. The SMILES string of the molecule is CCCN1CCC(NC(=NCc2ccc(OCC(F)(F)F)cc2)NCC)CC1.I. The summed E-state index contributed by atoms with van der Waals surface area (Å²) in [6, 6.07) is 6.97. The van der Waals surface area contributed by atoms with Crippen LogP contribution in [0.1, 0.15) is 38.7 Å². The minimum atomic E-state index is -4.33. The Balaban J connectivity index is 0.00000420. The number of nitrogens with zero attached hydrogens (tertiary/aromatic N) is 2. The first kappa shape index (κ1) is 25.8. The molecule has 0 atom stereocenters. The highest BCUT2D eigenvalue weighted by Gasteiger charge is 2.28. The Hall–Kier alpha value is -1.23. The van der Waals surface area contributed by atoms with E-state index in [1.807, 2.05) is 6.92 Å². The van der Waals surface area contributed by atoms with Crippen LogP contribution in [0.15, 0.2) is 29.3 Å². The molecule has 1 aliphatic heterocycles. The zero-order chi connectivity index (χ0) is 20.4. The van der Waals surface area contributed by atoms with Crippen LogP contribution in [-0.4, -0.2) is 55.9 Å². The summed E-state index contributed by atoms with van der Waals surface area (Å²) in [4.78, 5) is 7.10. The molecule has 2 N–H and O–H groups in total. The summed E-state index contributed by atoms with van der Waals surface area (Å²) >= 11 is 0. The second-order valence-electron chi connectivity index (χ2n) is 7.00. The minimum Gasteiger partial charge on any atom is -0.484 e. The average Bonchev–Trinajstić information content (AvgIpc) is 2.66. The fourth-order valence-corrected chi connectivity index (χ4v) is 3.16. The van der Waals surface area contributed by atoms with Crippen molar-refractivity contribution in [1.82, 2.24) is 15.5 Å². The number of halogens is 4. The van der Waals surface area contributed by atoms with Crippen molar-refractivity contribution in [2.75, 3.05) is 32.8 Å². The van der Waals surface area contributed by atoms with E-state index in [1.165, 1.54) is 6.42 Å². The van der Waals surface area contributed by atoms with Crippen LogP contribution in [0.2, 0.25) is 0 Å². The van der Waals surface area contributed by atoms with Gasteiger partial charge in [0, 0.05) is 25.7 Å². The van der Waals surface area contributed by atoms with Crippen molar-refractivity contribution in [2.45, 2.75) is 51.9 Å². The van der Waals surface area contributed by atoms with Crippen LogP contribution in [0.3, 0.4) is 0 Å². The number of alkyl halides is 3. The van der Waals surface area contributed by atoms with Crippen molar-refractivity contribution in [3.63, 3.8) is 0 Å². The monoisotopic (exact) mass is 528 g/mol. The van der Waals surface area contributed by atoms with E-state index >= 15 is 0 Å². The van der Waals surface area contributed by atoms with Gasteiger partial charge in [0.05, 0.1) is 6.54 Å². The predicted octanol–water partition coefficient (Wildman–Crippen LogP) is 4.18. The minimum absolute atomic E-state index is 0. The molecule has 0 aromatic heterocycles. The van der Waals surface area contributed by atoms with E-state index in [2.05, 4.69) is 27.4 Å². The van der Waals surface area contributed by atoms with Crippen molar-refractivity contribution in [1.29, 1.82) is 0 Å². The van der Waals surface area contributed by atoms with Crippen molar-refractivity contribution in [2.24, 2.45) is 4.99 Å². The largest absolute Gasteiger partial charge is 0.484 e. The number of piperidine rings is 1. The highest BCUT2D eigenvalue weighted by Crippen LogP contribution is 2.19. The van der Waals surface area contributed by atoms with Gasteiger partial charge in [-0.3, -0.25) is 0 Å². The van der Waals surface area contributed by atoms with Gasteiger partial charge in [0.1, 0.15) is 5.75 Å². The van der Waals surface area contributed by atoms with Crippen LogP contribution in [0.5, 0.6) is 5.75 Å². The third-order valence-electron chi connectivity index (χ3n) is 4.56. The molecule has 0 spiro atoms. The standard InChI is InChI=1S/C20H31F3N4O.HI/c1-3-11-27-12-9-17(10-13-27)26-19(24-4-2)25-14-16-5-7-18(8-6-16)28-15-20(21,22)23;/h5-8,17H,3-4,9-15H2,1-2H3,(H2,24,25,26);1H. The Bertz CT molecular complexity index is 603. The number of guanidine groups is 1. The first-order valence-corrected chi connectivity index (χ1v) is 9.95. The molecule has 1 saturated heterocycles. The summed E-state index contributed by atoms with van der Waals surface area (Å²) in [5, 5.41) is 6.76. The molecule has 1 fully saturated rings. The van der Waals surface area contributed by atoms with E-state index in [0.717, 1.165) is 50.5 Å². The van der Waals surface area contributed by atoms with E-state index in [0.29, 0.717) is 12.6 Å². The van der Waals surface area contributed by atoms with Crippen LogP contribution >= 0.6 is 24.0 Å². The Morgan fingerprint density at radius 1 is 1.17 bits per heavy atom. The van der Waals surface area contributed by atoms with Gasteiger partial charge >= 0.3 is 6.18 Å². The molecule has 2 rings (SSSR count). The molecule has 0 saturated carbocycles. The Morgan fingerprint density at radius 2 is 1.83 bits per heavy atom. The number of rotatable bonds is 8. The summed E-state index contributed by atoms with van der Waals surface area (Å²) < 4.78 is 41.3. The number of likely N-dealkylation sites (tertiary alicyclic amines) is 1. The Kier molecular flexibility index (Phi) is 11.7. The Labute approximate surface area is 188 Å². The van der Waals surface area contributed by atoms with Crippen molar-refractivity contribution < 1.29 is 17.9 Å². The molecule has 1 heterocycles. The van der Waals surface area contributed by atoms with E-state index in [9.17, 15) is 13.2 Å². The molecule has 1 aliphatic rings. The lowest BCUT2D eigenvalue weighted by molar-refractivity contribution is -0.153. The van der Waals surface area contributed by atoms with Gasteiger partial charge < -0.3 is 20.3 Å². The predicted molar refractivity (Wildman–Crippen MR) is 121 cm³/mol. The molecule has 0 radical (unpaired) electrons. The van der Waals surface area contributed by atoms with Gasteiger partial charge in [-0.05, 0) is 50.4 Å². The lowest BCUT2D eigenvalue weighted by Crippen LogP contribution is -2.48.